The molecule has 0 aliphatic carbocycles. The molecule has 4 nitrogen and oxygen atoms in total. The summed E-state index contributed by atoms with van der Waals surface area (Å²) in [7, 11) is 0. The predicted molar refractivity (Wildman–Crippen MR) is 74.0 cm³/mol. The molecule has 19 heavy (non-hydrogen) atoms. The van der Waals surface area contributed by atoms with Gasteiger partial charge in [0.15, 0.2) is 0 Å². The molecule has 0 aliphatic heterocycles. The monoisotopic (exact) mass is 283 g/mol. The number of carboxylic acids is 1. The summed E-state index contributed by atoms with van der Waals surface area (Å²) >= 11 is 5.83. The Morgan fingerprint density at radius 1 is 1.16 bits per heavy atom. The molecule has 0 fully saturated rings. The summed E-state index contributed by atoms with van der Waals surface area (Å²) in [6.45, 7) is 5.30. The van der Waals surface area contributed by atoms with Gasteiger partial charge in [-0.25, -0.2) is 0 Å². The minimum Gasteiger partial charge on any atom is -0.481 e. The summed E-state index contributed by atoms with van der Waals surface area (Å²) in [5.41, 5.74) is 0.908. The smallest absolute Gasteiger partial charge is 0.315 e. The second-order valence-corrected chi connectivity index (χ2v) is 5.28. The SMILES string of the molecule is CC(C(=O)O)C(=O)NC(c1ccc(Cl)cc1)C(C)C. The number of hydrogen-bond donors (Lipinski definition) is 2. The van der Waals surface area contributed by atoms with Crippen molar-refractivity contribution >= 4 is 23.5 Å². The molecule has 1 aromatic carbocycles. The molecule has 0 aromatic heterocycles. The minimum atomic E-state index is -1.13. The van der Waals surface area contributed by atoms with E-state index in [1.807, 2.05) is 26.0 Å². The van der Waals surface area contributed by atoms with Crippen LogP contribution in [0.1, 0.15) is 32.4 Å². The van der Waals surface area contributed by atoms with Gasteiger partial charge in [-0.15, -0.1) is 0 Å². The van der Waals surface area contributed by atoms with E-state index in [0.29, 0.717) is 5.02 Å². The van der Waals surface area contributed by atoms with Crippen LogP contribution in [0.2, 0.25) is 5.02 Å². The lowest BCUT2D eigenvalue weighted by atomic mass is 9.95. The molecule has 1 rings (SSSR count). The van der Waals surface area contributed by atoms with Crippen molar-refractivity contribution in [1.29, 1.82) is 0 Å². The van der Waals surface area contributed by atoms with Crippen LogP contribution in [-0.4, -0.2) is 17.0 Å². The molecule has 0 saturated carbocycles. The topological polar surface area (TPSA) is 66.4 Å². The van der Waals surface area contributed by atoms with Crippen LogP contribution in [0.3, 0.4) is 0 Å². The Bertz CT molecular complexity index is 456. The van der Waals surface area contributed by atoms with Crippen LogP contribution in [-0.2, 0) is 9.59 Å². The van der Waals surface area contributed by atoms with Gasteiger partial charge < -0.3 is 10.4 Å². The average Bonchev–Trinajstić information content (AvgIpc) is 2.35. The summed E-state index contributed by atoms with van der Waals surface area (Å²) < 4.78 is 0. The lowest BCUT2D eigenvalue weighted by molar-refractivity contribution is -0.146. The van der Waals surface area contributed by atoms with Gasteiger partial charge in [0.2, 0.25) is 5.91 Å². The largest absolute Gasteiger partial charge is 0.481 e. The Morgan fingerprint density at radius 2 is 1.68 bits per heavy atom. The highest BCUT2D eigenvalue weighted by Gasteiger charge is 2.25. The zero-order valence-corrected chi connectivity index (χ0v) is 11.9. The van der Waals surface area contributed by atoms with Crippen molar-refractivity contribution in [3.8, 4) is 0 Å². The first-order valence-electron chi connectivity index (χ1n) is 6.11. The number of hydrogen-bond acceptors (Lipinski definition) is 2. The van der Waals surface area contributed by atoms with Gasteiger partial charge in [0.05, 0.1) is 6.04 Å². The number of halogens is 1. The molecular weight excluding hydrogens is 266 g/mol. The van der Waals surface area contributed by atoms with Crippen molar-refractivity contribution in [2.75, 3.05) is 0 Å². The minimum absolute atomic E-state index is 0.145. The van der Waals surface area contributed by atoms with E-state index in [4.69, 9.17) is 16.7 Å². The number of nitrogens with one attached hydrogen (secondary N) is 1. The summed E-state index contributed by atoms with van der Waals surface area (Å²) in [6, 6.07) is 6.93. The number of carbonyl (C=O) groups is 2. The van der Waals surface area contributed by atoms with Crippen molar-refractivity contribution < 1.29 is 14.7 Å². The normalized spacial score (nSPS) is 13.9. The van der Waals surface area contributed by atoms with E-state index in [2.05, 4.69) is 5.32 Å². The van der Waals surface area contributed by atoms with E-state index in [1.54, 1.807) is 12.1 Å². The molecule has 2 unspecified atom stereocenters. The number of carbonyl (C=O) groups excluding carboxylic acids is 1. The molecule has 1 aromatic rings. The summed E-state index contributed by atoms with van der Waals surface area (Å²) in [5, 5.41) is 12.2. The third-order valence-electron chi connectivity index (χ3n) is 2.96. The van der Waals surface area contributed by atoms with Crippen LogP contribution in [0, 0.1) is 11.8 Å². The highest BCUT2D eigenvalue weighted by molar-refractivity contribution is 6.30. The molecule has 0 saturated heterocycles. The fourth-order valence-corrected chi connectivity index (χ4v) is 1.82. The number of carboxylic acid groups (broad SMARTS) is 1. The van der Waals surface area contributed by atoms with E-state index in [9.17, 15) is 9.59 Å². The molecule has 104 valence electrons. The average molecular weight is 284 g/mol. The van der Waals surface area contributed by atoms with E-state index < -0.39 is 17.8 Å². The van der Waals surface area contributed by atoms with Gasteiger partial charge in [-0.05, 0) is 30.5 Å². The molecule has 0 radical (unpaired) electrons. The lowest BCUT2D eigenvalue weighted by Gasteiger charge is -2.24. The number of rotatable bonds is 5. The maximum atomic E-state index is 11.8. The van der Waals surface area contributed by atoms with E-state index in [0.717, 1.165) is 5.56 Å². The van der Waals surface area contributed by atoms with Crippen LogP contribution >= 0.6 is 11.6 Å². The highest BCUT2D eigenvalue weighted by atomic mass is 35.5. The molecule has 1 amide bonds. The summed E-state index contributed by atoms with van der Waals surface area (Å²) in [5.74, 6) is -2.53. The van der Waals surface area contributed by atoms with Crippen LogP contribution in [0.5, 0.6) is 0 Å². The van der Waals surface area contributed by atoms with Crippen molar-refractivity contribution in [2.24, 2.45) is 11.8 Å². The van der Waals surface area contributed by atoms with Crippen LogP contribution in [0.25, 0.3) is 0 Å². The highest BCUT2D eigenvalue weighted by Crippen LogP contribution is 2.23. The zero-order chi connectivity index (χ0) is 14.6. The fraction of sp³-hybridized carbons (Fsp3) is 0.429. The lowest BCUT2D eigenvalue weighted by Crippen LogP contribution is -2.38. The first-order valence-corrected chi connectivity index (χ1v) is 6.49. The molecule has 0 spiro atoms. The molecule has 0 heterocycles. The van der Waals surface area contributed by atoms with Crippen molar-refractivity contribution in [3.05, 3.63) is 34.9 Å². The standard InChI is InChI=1S/C14H18ClNO3/c1-8(2)12(10-4-6-11(15)7-5-10)16-13(17)9(3)14(18)19/h4-9,12H,1-3H3,(H,16,17)(H,18,19). The van der Waals surface area contributed by atoms with Gasteiger partial charge in [0.25, 0.3) is 0 Å². The van der Waals surface area contributed by atoms with E-state index in [-0.39, 0.29) is 12.0 Å². The second-order valence-electron chi connectivity index (χ2n) is 4.84. The Labute approximate surface area is 117 Å². The first kappa shape index (κ1) is 15.5. The molecule has 0 bridgehead atoms. The summed E-state index contributed by atoms with van der Waals surface area (Å²) in [4.78, 5) is 22.6. The van der Waals surface area contributed by atoms with Gasteiger partial charge >= 0.3 is 5.97 Å². The molecular formula is C14H18ClNO3. The third-order valence-corrected chi connectivity index (χ3v) is 3.21. The molecule has 2 N–H and O–H groups in total. The van der Waals surface area contributed by atoms with Gasteiger partial charge in [0, 0.05) is 5.02 Å². The van der Waals surface area contributed by atoms with Crippen LogP contribution < -0.4 is 5.32 Å². The quantitative estimate of drug-likeness (QED) is 0.817. The molecule has 2 atom stereocenters. The maximum Gasteiger partial charge on any atom is 0.315 e. The van der Waals surface area contributed by atoms with Gasteiger partial charge in [0.1, 0.15) is 5.92 Å². The van der Waals surface area contributed by atoms with Gasteiger partial charge in [-0.3, -0.25) is 9.59 Å². The predicted octanol–water partition coefficient (Wildman–Crippen LogP) is 2.87. The van der Waals surface area contributed by atoms with Crippen LogP contribution in [0.15, 0.2) is 24.3 Å². The fourth-order valence-electron chi connectivity index (χ4n) is 1.70. The summed E-state index contributed by atoms with van der Waals surface area (Å²) in [6.07, 6.45) is 0. The Kier molecular flexibility index (Phi) is 5.36. The second kappa shape index (κ2) is 6.57. The van der Waals surface area contributed by atoms with Gasteiger partial charge in [-0.2, -0.15) is 0 Å². The van der Waals surface area contributed by atoms with Crippen molar-refractivity contribution in [2.45, 2.75) is 26.8 Å². The molecule has 0 aliphatic rings. The zero-order valence-electron chi connectivity index (χ0n) is 11.2. The number of aliphatic carboxylic acids is 1. The van der Waals surface area contributed by atoms with Crippen molar-refractivity contribution in [1.82, 2.24) is 5.32 Å². The van der Waals surface area contributed by atoms with E-state index >= 15 is 0 Å². The van der Waals surface area contributed by atoms with E-state index in [1.165, 1.54) is 6.92 Å². The van der Waals surface area contributed by atoms with Crippen molar-refractivity contribution in [3.63, 3.8) is 0 Å². The number of amides is 1. The number of benzene rings is 1. The Balaban J connectivity index is 2.88. The van der Waals surface area contributed by atoms with Gasteiger partial charge in [-0.1, -0.05) is 37.6 Å². The Morgan fingerprint density at radius 3 is 2.11 bits per heavy atom. The Hall–Kier alpha value is -1.55. The maximum absolute atomic E-state index is 11.8. The third kappa shape index (κ3) is 4.24. The van der Waals surface area contributed by atoms with Crippen LogP contribution in [0.4, 0.5) is 0 Å². The first-order chi connectivity index (χ1) is 8.82. The molecule has 5 heteroatoms.